The van der Waals surface area contributed by atoms with Crippen LogP contribution < -0.4 is 0 Å². The van der Waals surface area contributed by atoms with Crippen molar-refractivity contribution in [2.75, 3.05) is 0 Å². The van der Waals surface area contributed by atoms with Crippen LogP contribution in [0.1, 0.15) is 6.92 Å². The van der Waals surface area contributed by atoms with Gasteiger partial charge in [0, 0.05) is 6.21 Å². The number of rotatable bonds is 3. The van der Waals surface area contributed by atoms with Crippen LogP contribution in [0.2, 0.25) is 0 Å². The maximum Gasteiger partial charge on any atom is 0.315 e. The topological polar surface area (TPSA) is 68.1 Å². The third kappa shape index (κ3) is 3.88. The summed E-state index contributed by atoms with van der Waals surface area (Å²) in [4.78, 5) is 0. The first-order valence-electron chi connectivity index (χ1n) is 1.70. The Hall–Kier alpha value is -0.300. The van der Waals surface area contributed by atoms with Crippen LogP contribution >= 0.6 is 0 Å². The van der Waals surface area contributed by atoms with Crippen LogP contribution in [-0.4, -0.2) is 15.7 Å². The largest absolute Gasteiger partial charge is 0.315 e. The molecule has 1 atom stereocenters. The molecule has 0 rings (SSSR count). The van der Waals surface area contributed by atoms with E-state index in [-0.39, 0.29) is 0 Å². The summed E-state index contributed by atoms with van der Waals surface area (Å²) < 4.78 is 16.8. The van der Waals surface area contributed by atoms with Gasteiger partial charge < -0.3 is 0 Å². The molecule has 0 spiro atoms. The second-order valence-corrected chi connectivity index (χ2v) is 1.50. The van der Waals surface area contributed by atoms with Gasteiger partial charge in [0.05, 0.1) is 0 Å². The highest BCUT2D eigenvalue weighted by atomic mass is 32.2. The molecule has 0 aliphatic carbocycles. The molecule has 6 heteroatoms. The smallest absolute Gasteiger partial charge is 0.220 e. The third-order valence-electron chi connectivity index (χ3n) is 0.280. The third-order valence-corrected chi connectivity index (χ3v) is 0.840. The average Bonchev–Trinajstić information content (AvgIpc) is 1.68. The minimum absolute atomic E-state index is 1.26. The Balaban J connectivity index is 3.33. The molecule has 1 N–H and O–H groups in total. The molecule has 8 heavy (non-hydrogen) atoms. The van der Waals surface area contributed by atoms with E-state index >= 15 is 0 Å². The van der Waals surface area contributed by atoms with E-state index in [4.69, 9.17) is 5.26 Å². The highest BCUT2D eigenvalue weighted by molar-refractivity contribution is 7.78. The molecule has 0 aromatic heterocycles. The first-order valence-corrected chi connectivity index (χ1v) is 2.73. The minimum atomic E-state index is -1.92. The highest BCUT2D eigenvalue weighted by Crippen LogP contribution is 1.83. The predicted molar refractivity (Wildman–Crippen MR) is 27.1 cm³/mol. The number of nitrogens with zero attached hydrogens (tertiary/aromatic N) is 1. The van der Waals surface area contributed by atoms with Gasteiger partial charge in [0.25, 0.3) is 0 Å². The molecular formula is C2H5NO4S. The Labute approximate surface area is 48.6 Å². The maximum absolute atomic E-state index is 10.0. The van der Waals surface area contributed by atoms with Crippen LogP contribution in [0, 0.1) is 0 Å². The molecule has 0 amide bonds. The minimum Gasteiger partial charge on any atom is -0.220 e. The predicted octanol–water partition coefficient (Wildman–Crippen LogP) is 0.0770. The van der Waals surface area contributed by atoms with Crippen molar-refractivity contribution in [2.45, 2.75) is 6.92 Å². The first-order chi connectivity index (χ1) is 3.81. The summed E-state index contributed by atoms with van der Waals surface area (Å²) in [5, 5.41) is 10.5. The van der Waals surface area contributed by atoms with E-state index in [9.17, 15) is 4.21 Å². The fourth-order valence-electron chi connectivity index (χ4n) is 0.130. The number of hydrogen-bond acceptors (Lipinski definition) is 4. The molecule has 0 aliphatic heterocycles. The summed E-state index contributed by atoms with van der Waals surface area (Å²) in [5.74, 6) is 0. The van der Waals surface area contributed by atoms with Gasteiger partial charge in [0.15, 0.2) is 0 Å². The molecule has 1 unspecified atom stereocenters. The maximum atomic E-state index is 10.0. The molecule has 48 valence electrons. The SMILES string of the molecule is CC=NS(=O)OOO. The van der Waals surface area contributed by atoms with E-state index in [1.54, 1.807) is 6.92 Å². The molecule has 0 radical (unpaired) electrons. The summed E-state index contributed by atoms with van der Waals surface area (Å²) in [7, 11) is 0. The van der Waals surface area contributed by atoms with Crippen molar-refractivity contribution >= 4 is 17.5 Å². The van der Waals surface area contributed by atoms with Crippen LogP contribution in [0.15, 0.2) is 4.40 Å². The van der Waals surface area contributed by atoms with Crippen molar-refractivity contribution < 1.29 is 18.8 Å². The fraction of sp³-hybridized carbons (Fsp3) is 0.500. The van der Waals surface area contributed by atoms with E-state index in [0.717, 1.165) is 0 Å². The zero-order valence-electron chi connectivity index (χ0n) is 4.10. The van der Waals surface area contributed by atoms with Crippen LogP contribution in [-0.2, 0) is 20.6 Å². The van der Waals surface area contributed by atoms with Gasteiger partial charge in [0.1, 0.15) is 0 Å². The van der Waals surface area contributed by atoms with Crippen molar-refractivity contribution in [2.24, 2.45) is 4.40 Å². The van der Waals surface area contributed by atoms with Crippen LogP contribution in [0.25, 0.3) is 0 Å². The normalized spacial score (nSPS) is 14.8. The lowest BCUT2D eigenvalue weighted by Crippen LogP contribution is -1.91. The summed E-state index contributed by atoms with van der Waals surface area (Å²) >= 11 is -1.92. The van der Waals surface area contributed by atoms with E-state index < -0.39 is 11.3 Å². The summed E-state index contributed by atoms with van der Waals surface area (Å²) in [6, 6.07) is 0. The lowest BCUT2D eigenvalue weighted by Gasteiger charge is -1.85. The Morgan fingerprint density at radius 2 is 2.50 bits per heavy atom. The highest BCUT2D eigenvalue weighted by Gasteiger charge is 1.91. The van der Waals surface area contributed by atoms with Gasteiger partial charge >= 0.3 is 11.3 Å². The molecule has 0 saturated carbocycles. The standard InChI is InChI=1S/C2H5NO4S/c1-2-3-8(5)7-6-4/h2,4H,1H3. The zero-order chi connectivity index (χ0) is 6.41. The first kappa shape index (κ1) is 7.70. The molecule has 0 fully saturated rings. The Kier molecular flexibility index (Phi) is 4.67. The van der Waals surface area contributed by atoms with Crippen LogP contribution in [0.4, 0.5) is 0 Å². The van der Waals surface area contributed by atoms with Gasteiger partial charge in [-0.3, -0.25) is 0 Å². The van der Waals surface area contributed by atoms with Crippen molar-refractivity contribution in [3.05, 3.63) is 0 Å². The molecular weight excluding hydrogens is 134 g/mol. The fourth-order valence-corrected chi connectivity index (χ4v) is 0.389. The quantitative estimate of drug-likeness (QED) is 0.341. The Morgan fingerprint density at radius 1 is 1.88 bits per heavy atom. The van der Waals surface area contributed by atoms with E-state index in [0.29, 0.717) is 0 Å². The van der Waals surface area contributed by atoms with E-state index in [1.807, 2.05) is 0 Å². The van der Waals surface area contributed by atoms with Gasteiger partial charge in [0.2, 0.25) is 0 Å². The Morgan fingerprint density at radius 3 is 2.88 bits per heavy atom. The summed E-state index contributed by atoms with van der Waals surface area (Å²) in [6.07, 6.45) is 1.26. The van der Waals surface area contributed by atoms with Crippen molar-refractivity contribution in [1.29, 1.82) is 0 Å². The van der Waals surface area contributed by atoms with Crippen LogP contribution in [0.3, 0.4) is 0 Å². The second kappa shape index (κ2) is 4.85. The van der Waals surface area contributed by atoms with Gasteiger partial charge in [-0.25, -0.2) is 9.47 Å². The molecule has 0 heterocycles. The summed E-state index contributed by atoms with van der Waals surface area (Å²) in [5.41, 5.74) is 0. The van der Waals surface area contributed by atoms with E-state index in [1.165, 1.54) is 6.21 Å². The molecule has 5 nitrogen and oxygen atoms in total. The zero-order valence-corrected chi connectivity index (χ0v) is 4.92. The Bertz CT molecular complexity index is 102. The lowest BCUT2D eigenvalue weighted by molar-refractivity contribution is -0.435. The van der Waals surface area contributed by atoms with Gasteiger partial charge in [-0.1, -0.05) is 9.37 Å². The van der Waals surface area contributed by atoms with Gasteiger partial charge in [-0.05, 0) is 6.92 Å². The van der Waals surface area contributed by atoms with Crippen molar-refractivity contribution in [3.8, 4) is 0 Å². The van der Waals surface area contributed by atoms with Crippen molar-refractivity contribution in [1.82, 2.24) is 0 Å². The molecule has 0 aromatic rings. The average molecular weight is 139 g/mol. The monoisotopic (exact) mass is 139 g/mol. The van der Waals surface area contributed by atoms with E-state index in [2.05, 4.69) is 13.8 Å². The van der Waals surface area contributed by atoms with Gasteiger partial charge in [-0.15, -0.1) is 0 Å². The summed E-state index contributed by atoms with van der Waals surface area (Å²) in [6.45, 7) is 1.55. The molecule has 0 saturated heterocycles. The lowest BCUT2D eigenvalue weighted by atomic mass is 10.9. The molecule has 0 aliphatic rings. The molecule has 0 aromatic carbocycles. The number of hydrogen-bond donors (Lipinski definition) is 1. The molecule has 0 bridgehead atoms. The van der Waals surface area contributed by atoms with Crippen LogP contribution in [0.5, 0.6) is 0 Å². The van der Waals surface area contributed by atoms with Crippen molar-refractivity contribution in [3.63, 3.8) is 0 Å². The van der Waals surface area contributed by atoms with Gasteiger partial charge in [-0.2, -0.15) is 4.40 Å². The second-order valence-electron chi connectivity index (χ2n) is 0.723.